The third-order valence-corrected chi connectivity index (χ3v) is 3.52. The molecule has 3 heteroatoms. The minimum atomic E-state index is -0.0928. The highest BCUT2D eigenvalue weighted by Gasteiger charge is 2.20. The molecule has 0 aliphatic heterocycles. The first kappa shape index (κ1) is 12.9. The number of hydrogen-bond acceptors (Lipinski definition) is 3. The Morgan fingerprint density at radius 2 is 2.28 bits per heavy atom. The van der Waals surface area contributed by atoms with Crippen LogP contribution < -0.4 is 0 Å². The van der Waals surface area contributed by atoms with Crippen molar-refractivity contribution in [1.29, 1.82) is 0 Å². The van der Waals surface area contributed by atoms with Crippen LogP contribution in [0.5, 0.6) is 5.75 Å². The summed E-state index contributed by atoms with van der Waals surface area (Å²) in [6.07, 6.45) is 4.53. The number of carbonyl (C=O) groups is 1. The molecule has 1 aliphatic rings. The van der Waals surface area contributed by atoms with Crippen molar-refractivity contribution < 1.29 is 14.6 Å². The highest BCUT2D eigenvalue weighted by Crippen LogP contribution is 2.28. The second-order valence-corrected chi connectivity index (χ2v) is 4.92. The number of fused-ring (bicyclic) bond motifs is 1. The lowest BCUT2D eigenvalue weighted by atomic mass is 9.94. The van der Waals surface area contributed by atoms with Crippen molar-refractivity contribution in [3.63, 3.8) is 0 Å². The second kappa shape index (κ2) is 5.89. The predicted molar refractivity (Wildman–Crippen MR) is 69.5 cm³/mol. The van der Waals surface area contributed by atoms with Gasteiger partial charge < -0.3 is 9.84 Å². The standard InChI is InChI=1S/C15H20O3/c1-2-18-15(17)9-11-4-3-5-12-10-14(16)7-6-13(12)8-11/h6-7,10-11,16H,2-5,8-9H2,1H3. The van der Waals surface area contributed by atoms with Gasteiger partial charge in [0.15, 0.2) is 0 Å². The Morgan fingerprint density at radius 1 is 1.44 bits per heavy atom. The van der Waals surface area contributed by atoms with Crippen LogP contribution in [0.1, 0.15) is 37.3 Å². The van der Waals surface area contributed by atoms with Crippen LogP contribution in [0.2, 0.25) is 0 Å². The van der Waals surface area contributed by atoms with E-state index in [1.54, 1.807) is 6.07 Å². The highest BCUT2D eigenvalue weighted by atomic mass is 16.5. The number of phenols is 1. The summed E-state index contributed by atoms with van der Waals surface area (Å²) in [7, 11) is 0. The largest absolute Gasteiger partial charge is 0.508 e. The average Bonchev–Trinajstić information content (AvgIpc) is 2.50. The van der Waals surface area contributed by atoms with Gasteiger partial charge in [-0.15, -0.1) is 0 Å². The third-order valence-electron chi connectivity index (χ3n) is 3.52. The Morgan fingerprint density at radius 3 is 3.06 bits per heavy atom. The zero-order valence-corrected chi connectivity index (χ0v) is 10.8. The van der Waals surface area contributed by atoms with E-state index in [0.717, 1.165) is 25.7 Å². The zero-order chi connectivity index (χ0) is 13.0. The van der Waals surface area contributed by atoms with Gasteiger partial charge in [0.05, 0.1) is 6.61 Å². The Labute approximate surface area is 108 Å². The molecule has 1 N–H and O–H groups in total. The van der Waals surface area contributed by atoms with Crippen molar-refractivity contribution in [2.24, 2.45) is 5.92 Å². The first-order valence-electron chi connectivity index (χ1n) is 6.65. The first-order valence-corrected chi connectivity index (χ1v) is 6.65. The van der Waals surface area contributed by atoms with E-state index in [4.69, 9.17) is 4.74 Å². The van der Waals surface area contributed by atoms with E-state index < -0.39 is 0 Å². The van der Waals surface area contributed by atoms with Crippen LogP contribution in [-0.2, 0) is 22.4 Å². The van der Waals surface area contributed by atoms with Gasteiger partial charge in [0, 0.05) is 6.42 Å². The van der Waals surface area contributed by atoms with Gasteiger partial charge in [0.1, 0.15) is 5.75 Å². The van der Waals surface area contributed by atoms with Crippen molar-refractivity contribution in [1.82, 2.24) is 0 Å². The molecule has 0 fully saturated rings. The van der Waals surface area contributed by atoms with Crippen molar-refractivity contribution >= 4 is 5.97 Å². The minimum Gasteiger partial charge on any atom is -0.508 e. The molecule has 2 rings (SSSR count). The lowest BCUT2D eigenvalue weighted by Gasteiger charge is -2.13. The molecule has 0 radical (unpaired) electrons. The van der Waals surface area contributed by atoms with Gasteiger partial charge in [-0.3, -0.25) is 4.79 Å². The van der Waals surface area contributed by atoms with Crippen LogP contribution >= 0.6 is 0 Å². The SMILES string of the molecule is CCOC(=O)CC1CCCc2cc(O)ccc2C1. The predicted octanol–water partition coefficient (Wildman–Crippen LogP) is 2.84. The van der Waals surface area contributed by atoms with Gasteiger partial charge in [-0.05, 0) is 61.8 Å². The quantitative estimate of drug-likeness (QED) is 0.661. The third kappa shape index (κ3) is 3.25. The van der Waals surface area contributed by atoms with Crippen LogP contribution in [-0.4, -0.2) is 17.7 Å². The van der Waals surface area contributed by atoms with E-state index in [0.29, 0.717) is 24.7 Å². The van der Waals surface area contributed by atoms with Gasteiger partial charge >= 0.3 is 5.97 Å². The Bertz CT molecular complexity index is 426. The molecule has 0 saturated heterocycles. The van der Waals surface area contributed by atoms with Gasteiger partial charge in [-0.25, -0.2) is 0 Å². The fraction of sp³-hybridized carbons (Fsp3) is 0.533. The number of carbonyl (C=O) groups excluding carboxylic acids is 1. The molecular weight excluding hydrogens is 228 g/mol. The fourth-order valence-electron chi connectivity index (χ4n) is 2.67. The molecular formula is C15H20O3. The summed E-state index contributed by atoms with van der Waals surface area (Å²) in [6.45, 7) is 2.29. The number of aromatic hydroxyl groups is 1. The number of esters is 1. The monoisotopic (exact) mass is 248 g/mol. The maximum atomic E-state index is 11.5. The Kier molecular flexibility index (Phi) is 4.24. The number of rotatable bonds is 3. The Hall–Kier alpha value is -1.51. The van der Waals surface area contributed by atoms with E-state index in [-0.39, 0.29) is 5.97 Å². The van der Waals surface area contributed by atoms with Gasteiger partial charge in [0.25, 0.3) is 0 Å². The summed E-state index contributed by atoms with van der Waals surface area (Å²) in [5.74, 6) is 0.608. The molecule has 1 aromatic rings. The molecule has 1 aromatic carbocycles. The summed E-state index contributed by atoms with van der Waals surface area (Å²) < 4.78 is 5.01. The van der Waals surface area contributed by atoms with Crippen LogP contribution in [0.4, 0.5) is 0 Å². The summed E-state index contributed by atoms with van der Waals surface area (Å²) >= 11 is 0. The van der Waals surface area contributed by atoms with E-state index in [9.17, 15) is 9.90 Å². The summed E-state index contributed by atoms with van der Waals surface area (Å²) in [5.41, 5.74) is 2.49. The molecule has 1 atom stereocenters. The second-order valence-electron chi connectivity index (χ2n) is 4.92. The molecule has 0 aromatic heterocycles. The molecule has 1 unspecified atom stereocenters. The van der Waals surface area contributed by atoms with Gasteiger partial charge in [-0.2, -0.15) is 0 Å². The summed E-state index contributed by atoms with van der Waals surface area (Å²) in [4.78, 5) is 11.5. The molecule has 0 spiro atoms. The van der Waals surface area contributed by atoms with Crippen molar-refractivity contribution in [3.05, 3.63) is 29.3 Å². The maximum Gasteiger partial charge on any atom is 0.306 e. The molecule has 3 nitrogen and oxygen atoms in total. The van der Waals surface area contributed by atoms with Crippen LogP contribution in [0.25, 0.3) is 0 Å². The molecule has 98 valence electrons. The normalized spacial score (nSPS) is 18.8. The maximum absolute atomic E-state index is 11.5. The molecule has 0 bridgehead atoms. The zero-order valence-electron chi connectivity index (χ0n) is 10.8. The number of benzene rings is 1. The van der Waals surface area contributed by atoms with E-state index >= 15 is 0 Å². The van der Waals surface area contributed by atoms with Crippen molar-refractivity contribution in [3.8, 4) is 5.75 Å². The lowest BCUT2D eigenvalue weighted by molar-refractivity contribution is -0.144. The number of ether oxygens (including phenoxy) is 1. The van der Waals surface area contributed by atoms with E-state index in [2.05, 4.69) is 0 Å². The van der Waals surface area contributed by atoms with Gasteiger partial charge in [0.2, 0.25) is 0 Å². The minimum absolute atomic E-state index is 0.0928. The Balaban J connectivity index is 2.05. The van der Waals surface area contributed by atoms with E-state index in [1.165, 1.54) is 11.1 Å². The number of aryl methyl sites for hydroxylation is 1. The fourth-order valence-corrected chi connectivity index (χ4v) is 2.67. The van der Waals surface area contributed by atoms with Crippen molar-refractivity contribution in [2.75, 3.05) is 6.61 Å². The molecule has 18 heavy (non-hydrogen) atoms. The lowest BCUT2D eigenvalue weighted by Crippen LogP contribution is -2.13. The molecule has 0 amide bonds. The average molecular weight is 248 g/mol. The van der Waals surface area contributed by atoms with E-state index in [1.807, 2.05) is 19.1 Å². The van der Waals surface area contributed by atoms with Crippen molar-refractivity contribution in [2.45, 2.75) is 39.0 Å². The molecule has 0 saturated carbocycles. The van der Waals surface area contributed by atoms with Crippen LogP contribution in [0.3, 0.4) is 0 Å². The number of hydrogen-bond donors (Lipinski definition) is 1. The van der Waals surface area contributed by atoms with Crippen LogP contribution in [0, 0.1) is 5.92 Å². The highest BCUT2D eigenvalue weighted by molar-refractivity contribution is 5.69. The molecule has 0 heterocycles. The topological polar surface area (TPSA) is 46.5 Å². The smallest absolute Gasteiger partial charge is 0.306 e. The molecule has 1 aliphatic carbocycles. The first-order chi connectivity index (χ1) is 8.69. The number of phenolic OH excluding ortho intramolecular Hbond substituents is 1. The van der Waals surface area contributed by atoms with Gasteiger partial charge in [-0.1, -0.05) is 6.07 Å². The summed E-state index contributed by atoms with van der Waals surface area (Å²) in [5, 5.41) is 9.49. The summed E-state index contributed by atoms with van der Waals surface area (Å²) in [6, 6.07) is 5.56. The van der Waals surface area contributed by atoms with Crippen LogP contribution in [0.15, 0.2) is 18.2 Å².